The highest BCUT2D eigenvalue weighted by atomic mass is 16.5. The zero-order valence-electron chi connectivity index (χ0n) is 12.6. The molecule has 1 aromatic rings. The lowest BCUT2D eigenvalue weighted by atomic mass is 10.3. The molecule has 20 heavy (non-hydrogen) atoms. The van der Waals surface area contributed by atoms with E-state index in [-0.39, 0.29) is 6.10 Å². The Balaban J connectivity index is 1.82. The van der Waals surface area contributed by atoms with Crippen LogP contribution < -0.4 is 14.4 Å². The molecule has 0 aliphatic carbocycles. The second-order valence-corrected chi connectivity index (χ2v) is 5.24. The van der Waals surface area contributed by atoms with Gasteiger partial charge in [-0.15, -0.1) is 0 Å². The van der Waals surface area contributed by atoms with Gasteiger partial charge in [-0.05, 0) is 25.5 Å². The van der Waals surface area contributed by atoms with Crippen molar-refractivity contribution in [3.05, 3.63) is 24.3 Å². The molecule has 0 unspecified atom stereocenters. The fourth-order valence-corrected chi connectivity index (χ4v) is 2.18. The van der Waals surface area contributed by atoms with Crippen molar-refractivity contribution in [2.75, 3.05) is 39.5 Å². The van der Waals surface area contributed by atoms with Crippen molar-refractivity contribution < 1.29 is 19.1 Å². The van der Waals surface area contributed by atoms with Gasteiger partial charge in [-0.1, -0.05) is 19.1 Å². The highest BCUT2D eigenvalue weighted by Gasteiger charge is 2.14. The maximum absolute atomic E-state index is 5.90. The topological polar surface area (TPSA) is 32.1 Å². The molecule has 2 rings (SSSR count). The summed E-state index contributed by atoms with van der Waals surface area (Å²) in [4.78, 5) is 1.55. The van der Waals surface area contributed by atoms with E-state index in [1.54, 1.807) is 4.90 Å². The summed E-state index contributed by atoms with van der Waals surface area (Å²) in [6.45, 7) is 9.82. The van der Waals surface area contributed by atoms with Crippen molar-refractivity contribution in [2.24, 2.45) is 0 Å². The summed E-state index contributed by atoms with van der Waals surface area (Å²) in [5.74, 6) is 1.69. The average molecular weight is 280 g/mol. The van der Waals surface area contributed by atoms with E-state index < -0.39 is 0 Å². The molecule has 112 valence electrons. The molecule has 0 aromatic heterocycles. The van der Waals surface area contributed by atoms with Crippen molar-refractivity contribution >= 4 is 0 Å². The second-order valence-electron chi connectivity index (χ2n) is 5.24. The van der Waals surface area contributed by atoms with Crippen LogP contribution in [0.15, 0.2) is 24.3 Å². The molecular weight excluding hydrogens is 254 g/mol. The summed E-state index contributed by atoms with van der Waals surface area (Å²) >= 11 is 0. The Morgan fingerprint density at radius 2 is 1.90 bits per heavy atom. The number of benzene rings is 1. The molecular formula is C16H26NO3+. The quantitative estimate of drug-likeness (QED) is 0.813. The number of rotatable bonds is 7. The van der Waals surface area contributed by atoms with Gasteiger partial charge in [0.1, 0.15) is 26.2 Å². The van der Waals surface area contributed by atoms with E-state index in [0.717, 1.165) is 57.4 Å². The number of quaternary nitrogens is 1. The van der Waals surface area contributed by atoms with Gasteiger partial charge < -0.3 is 19.1 Å². The summed E-state index contributed by atoms with van der Waals surface area (Å²) in [5.41, 5.74) is 0. The van der Waals surface area contributed by atoms with Crippen LogP contribution in [0.5, 0.6) is 11.5 Å². The molecule has 1 aliphatic rings. The molecule has 1 fully saturated rings. The predicted molar refractivity (Wildman–Crippen MR) is 78.7 cm³/mol. The Morgan fingerprint density at radius 1 is 1.20 bits per heavy atom. The predicted octanol–water partition coefficient (Wildman–Crippen LogP) is 1.16. The molecule has 1 heterocycles. The van der Waals surface area contributed by atoms with Crippen LogP contribution >= 0.6 is 0 Å². The number of morpholine rings is 1. The number of para-hydroxylation sites is 2. The number of hydrogen-bond acceptors (Lipinski definition) is 3. The van der Waals surface area contributed by atoms with E-state index in [2.05, 4.69) is 13.8 Å². The van der Waals surface area contributed by atoms with Gasteiger partial charge in [-0.25, -0.2) is 0 Å². The van der Waals surface area contributed by atoms with Crippen LogP contribution in [-0.2, 0) is 4.74 Å². The fraction of sp³-hybridized carbons (Fsp3) is 0.625. The van der Waals surface area contributed by atoms with E-state index in [9.17, 15) is 0 Å². The molecule has 0 spiro atoms. The minimum Gasteiger partial charge on any atom is -0.487 e. The Kier molecular flexibility index (Phi) is 6.15. The van der Waals surface area contributed by atoms with E-state index in [1.165, 1.54) is 0 Å². The Labute approximate surface area is 121 Å². The van der Waals surface area contributed by atoms with Gasteiger partial charge in [0.15, 0.2) is 11.5 Å². The standard InChI is InChI=1S/C16H25NO3/c1-3-14(2)20-16-7-5-4-6-15(16)19-13-10-17-8-11-18-12-9-17/h4-7,14H,3,8-13H2,1-2H3/p+1/t14-/m0/s1. The third-order valence-corrected chi connectivity index (χ3v) is 3.67. The Morgan fingerprint density at radius 3 is 2.60 bits per heavy atom. The van der Waals surface area contributed by atoms with Crippen molar-refractivity contribution in [2.45, 2.75) is 26.4 Å². The zero-order chi connectivity index (χ0) is 14.2. The average Bonchev–Trinajstić information content (AvgIpc) is 2.50. The third-order valence-electron chi connectivity index (χ3n) is 3.67. The van der Waals surface area contributed by atoms with Crippen LogP contribution in [-0.4, -0.2) is 45.6 Å². The molecule has 1 aliphatic heterocycles. The van der Waals surface area contributed by atoms with Gasteiger partial charge >= 0.3 is 0 Å². The minimum absolute atomic E-state index is 0.213. The Bertz CT molecular complexity index is 391. The molecule has 0 bridgehead atoms. The van der Waals surface area contributed by atoms with Crippen molar-refractivity contribution in [1.29, 1.82) is 0 Å². The zero-order valence-corrected chi connectivity index (χ0v) is 12.6. The SMILES string of the molecule is CC[C@H](C)Oc1ccccc1OCC[NH+]1CCOCC1. The molecule has 1 aromatic carbocycles. The molecule has 0 saturated carbocycles. The first-order chi connectivity index (χ1) is 9.79. The summed E-state index contributed by atoms with van der Waals surface area (Å²) in [5, 5.41) is 0. The maximum Gasteiger partial charge on any atom is 0.161 e. The van der Waals surface area contributed by atoms with Crippen LogP contribution in [0.1, 0.15) is 20.3 Å². The lowest BCUT2D eigenvalue weighted by Gasteiger charge is -2.24. The highest BCUT2D eigenvalue weighted by Crippen LogP contribution is 2.27. The first-order valence-corrected chi connectivity index (χ1v) is 7.59. The molecule has 1 atom stereocenters. The van der Waals surface area contributed by atoms with Crippen molar-refractivity contribution in [3.63, 3.8) is 0 Å². The second kappa shape index (κ2) is 8.12. The normalized spacial score (nSPS) is 17.7. The smallest absolute Gasteiger partial charge is 0.161 e. The monoisotopic (exact) mass is 280 g/mol. The van der Waals surface area contributed by atoms with Crippen LogP contribution in [0.3, 0.4) is 0 Å². The lowest BCUT2D eigenvalue weighted by molar-refractivity contribution is -0.908. The van der Waals surface area contributed by atoms with E-state index in [4.69, 9.17) is 14.2 Å². The van der Waals surface area contributed by atoms with Crippen molar-refractivity contribution in [1.82, 2.24) is 0 Å². The summed E-state index contributed by atoms with van der Waals surface area (Å²) < 4.78 is 17.1. The molecule has 4 nitrogen and oxygen atoms in total. The van der Waals surface area contributed by atoms with E-state index in [0.29, 0.717) is 0 Å². The van der Waals surface area contributed by atoms with Gasteiger partial charge in [0.05, 0.1) is 19.3 Å². The minimum atomic E-state index is 0.213. The summed E-state index contributed by atoms with van der Waals surface area (Å²) in [7, 11) is 0. The van der Waals surface area contributed by atoms with E-state index in [1.807, 2.05) is 24.3 Å². The molecule has 1 saturated heterocycles. The van der Waals surface area contributed by atoms with Crippen molar-refractivity contribution in [3.8, 4) is 11.5 Å². The summed E-state index contributed by atoms with van der Waals surface area (Å²) in [6, 6.07) is 7.92. The Hall–Kier alpha value is -1.26. The molecule has 0 amide bonds. The van der Waals surface area contributed by atoms with Gasteiger partial charge in [-0.3, -0.25) is 0 Å². The molecule has 0 radical (unpaired) electrons. The number of ether oxygens (including phenoxy) is 3. The highest BCUT2D eigenvalue weighted by molar-refractivity contribution is 5.39. The molecule has 1 N–H and O–H groups in total. The van der Waals surface area contributed by atoms with E-state index >= 15 is 0 Å². The largest absolute Gasteiger partial charge is 0.487 e. The summed E-state index contributed by atoms with van der Waals surface area (Å²) in [6.07, 6.45) is 1.20. The number of nitrogens with one attached hydrogen (secondary N) is 1. The lowest BCUT2D eigenvalue weighted by Crippen LogP contribution is -3.14. The first kappa shape index (κ1) is 15.1. The van der Waals surface area contributed by atoms with Gasteiger partial charge in [-0.2, -0.15) is 0 Å². The van der Waals surface area contributed by atoms with Crippen LogP contribution in [0.25, 0.3) is 0 Å². The first-order valence-electron chi connectivity index (χ1n) is 7.59. The fourth-order valence-electron chi connectivity index (χ4n) is 2.18. The van der Waals surface area contributed by atoms with Gasteiger partial charge in [0.25, 0.3) is 0 Å². The van der Waals surface area contributed by atoms with Crippen LogP contribution in [0, 0.1) is 0 Å². The number of hydrogen-bond donors (Lipinski definition) is 1. The maximum atomic E-state index is 5.90. The third kappa shape index (κ3) is 4.69. The van der Waals surface area contributed by atoms with Crippen LogP contribution in [0.4, 0.5) is 0 Å². The van der Waals surface area contributed by atoms with Gasteiger partial charge in [0, 0.05) is 0 Å². The van der Waals surface area contributed by atoms with Gasteiger partial charge in [0.2, 0.25) is 0 Å². The van der Waals surface area contributed by atoms with Crippen LogP contribution in [0.2, 0.25) is 0 Å². The molecule has 4 heteroatoms.